The van der Waals surface area contributed by atoms with Crippen LogP contribution in [0.3, 0.4) is 0 Å². The van der Waals surface area contributed by atoms with E-state index in [-0.39, 0.29) is 5.75 Å². The summed E-state index contributed by atoms with van der Waals surface area (Å²) in [4.78, 5) is 0. The lowest BCUT2D eigenvalue weighted by atomic mass is 9.98. The molecule has 120 valence electrons. The van der Waals surface area contributed by atoms with Gasteiger partial charge in [-0.05, 0) is 13.3 Å². The minimum atomic E-state index is -3.20. The fourth-order valence-corrected chi connectivity index (χ4v) is 4.23. The molecule has 0 aromatic carbocycles. The van der Waals surface area contributed by atoms with Crippen LogP contribution in [0.2, 0.25) is 0 Å². The van der Waals surface area contributed by atoms with Crippen LogP contribution in [-0.4, -0.2) is 48.0 Å². The molecular weight excluding hydrogens is 290 g/mol. The van der Waals surface area contributed by atoms with Gasteiger partial charge >= 0.3 is 0 Å². The third kappa shape index (κ3) is 3.84. The summed E-state index contributed by atoms with van der Waals surface area (Å²) < 4.78 is 34.0. The second-order valence-electron chi connectivity index (χ2n) is 5.84. The summed E-state index contributed by atoms with van der Waals surface area (Å²) in [5.74, 6) is 0.226. The molecule has 1 atom stereocenters. The Kier molecular flexibility index (Phi) is 5.06. The summed E-state index contributed by atoms with van der Waals surface area (Å²) >= 11 is 0. The van der Waals surface area contributed by atoms with E-state index in [9.17, 15) is 8.42 Å². The van der Waals surface area contributed by atoms with E-state index in [1.54, 1.807) is 15.2 Å². The zero-order chi connectivity index (χ0) is 15.5. The van der Waals surface area contributed by atoms with Crippen molar-refractivity contribution in [3.8, 4) is 0 Å². The molecule has 1 aliphatic heterocycles. The molecule has 1 saturated heterocycles. The quantitative estimate of drug-likeness (QED) is 0.746. The van der Waals surface area contributed by atoms with Crippen LogP contribution in [0, 0.1) is 0 Å². The van der Waals surface area contributed by atoms with Gasteiger partial charge in [-0.1, -0.05) is 19.8 Å². The standard InChI is InChI=1S/C14H25N3O3S/c1-4-5-6-9-21(18,19)17-7-8-20-14(2,12-17)13-10-15-16(3)11-13/h10-11H,4-9,12H2,1-3H3/t14-/m1/s1. The number of unbranched alkanes of at least 4 members (excludes halogenated alkanes) is 2. The smallest absolute Gasteiger partial charge is 0.214 e. The van der Waals surface area contributed by atoms with E-state index in [1.807, 2.05) is 20.2 Å². The second kappa shape index (κ2) is 6.46. The zero-order valence-corrected chi connectivity index (χ0v) is 13.9. The number of sulfonamides is 1. The first kappa shape index (κ1) is 16.5. The Morgan fingerprint density at radius 2 is 2.19 bits per heavy atom. The van der Waals surface area contributed by atoms with Gasteiger partial charge in [0.2, 0.25) is 10.0 Å². The molecule has 0 amide bonds. The molecular formula is C14H25N3O3S. The van der Waals surface area contributed by atoms with Crippen LogP contribution in [0.1, 0.15) is 38.7 Å². The highest BCUT2D eigenvalue weighted by Crippen LogP contribution is 2.30. The fourth-order valence-electron chi connectivity index (χ4n) is 2.60. The van der Waals surface area contributed by atoms with E-state index in [4.69, 9.17) is 4.74 Å². The second-order valence-corrected chi connectivity index (χ2v) is 7.93. The van der Waals surface area contributed by atoms with Gasteiger partial charge in [-0.3, -0.25) is 4.68 Å². The number of aromatic nitrogens is 2. The number of aryl methyl sites for hydroxylation is 1. The van der Waals surface area contributed by atoms with Crippen molar-refractivity contribution in [2.24, 2.45) is 7.05 Å². The molecule has 0 spiro atoms. The molecule has 1 fully saturated rings. The normalized spacial score (nSPS) is 24.3. The van der Waals surface area contributed by atoms with Crippen LogP contribution in [0.15, 0.2) is 12.4 Å². The molecule has 0 radical (unpaired) electrons. The molecule has 0 bridgehead atoms. The molecule has 6 nitrogen and oxygen atoms in total. The van der Waals surface area contributed by atoms with Gasteiger partial charge in [0.25, 0.3) is 0 Å². The van der Waals surface area contributed by atoms with Crippen LogP contribution in [0.25, 0.3) is 0 Å². The maximum Gasteiger partial charge on any atom is 0.214 e. The number of hydrogen-bond donors (Lipinski definition) is 0. The molecule has 7 heteroatoms. The minimum Gasteiger partial charge on any atom is -0.368 e. The number of morpholine rings is 1. The Labute approximate surface area is 127 Å². The van der Waals surface area contributed by atoms with Crippen molar-refractivity contribution in [1.82, 2.24) is 14.1 Å². The topological polar surface area (TPSA) is 64.4 Å². The lowest BCUT2D eigenvalue weighted by molar-refractivity contribution is -0.0820. The summed E-state index contributed by atoms with van der Waals surface area (Å²) in [6.07, 6.45) is 6.32. The molecule has 0 saturated carbocycles. The van der Waals surface area contributed by atoms with Gasteiger partial charge in [0.15, 0.2) is 0 Å². The number of hydrogen-bond acceptors (Lipinski definition) is 4. The van der Waals surface area contributed by atoms with E-state index in [2.05, 4.69) is 12.0 Å². The van der Waals surface area contributed by atoms with Gasteiger partial charge < -0.3 is 4.74 Å². The molecule has 1 aromatic heterocycles. The van der Waals surface area contributed by atoms with Crippen molar-refractivity contribution in [3.05, 3.63) is 18.0 Å². The number of rotatable bonds is 6. The summed E-state index contributed by atoms with van der Waals surface area (Å²) in [6.45, 7) is 5.20. The van der Waals surface area contributed by atoms with Gasteiger partial charge in [-0.2, -0.15) is 9.40 Å². The Bertz CT molecular complexity index is 570. The van der Waals surface area contributed by atoms with Crippen LogP contribution in [0.5, 0.6) is 0 Å². The first-order valence-electron chi connectivity index (χ1n) is 7.48. The van der Waals surface area contributed by atoms with E-state index in [0.717, 1.165) is 24.8 Å². The van der Waals surface area contributed by atoms with Crippen molar-refractivity contribution < 1.29 is 13.2 Å². The highest BCUT2D eigenvalue weighted by Gasteiger charge is 2.39. The van der Waals surface area contributed by atoms with Gasteiger partial charge in [0.05, 0.1) is 18.6 Å². The predicted molar refractivity (Wildman–Crippen MR) is 81.4 cm³/mol. The van der Waals surface area contributed by atoms with Crippen LogP contribution >= 0.6 is 0 Å². The summed E-state index contributed by atoms with van der Waals surface area (Å²) in [6, 6.07) is 0. The Balaban J connectivity index is 2.09. The monoisotopic (exact) mass is 315 g/mol. The minimum absolute atomic E-state index is 0.226. The summed E-state index contributed by atoms with van der Waals surface area (Å²) in [5, 5.41) is 4.15. The number of nitrogens with zero attached hydrogens (tertiary/aromatic N) is 3. The summed E-state index contributed by atoms with van der Waals surface area (Å²) in [5.41, 5.74) is 0.295. The van der Waals surface area contributed by atoms with Gasteiger partial charge in [0.1, 0.15) is 5.60 Å². The van der Waals surface area contributed by atoms with Crippen LogP contribution < -0.4 is 0 Å². The fraction of sp³-hybridized carbons (Fsp3) is 0.786. The molecule has 0 aliphatic carbocycles. The van der Waals surface area contributed by atoms with Crippen molar-refractivity contribution >= 4 is 10.0 Å². The third-order valence-corrected chi connectivity index (χ3v) is 5.86. The lowest BCUT2D eigenvalue weighted by Crippen LogP contribution is -2.50. The Hall–Kier alpha value is -0.920. The van der Waals surface area contributed by atoms with E-state index < -0.39 is 15.6 Å². The Morgan fingerprint density at radius 3 is 2.81 bits per heavy atom. The highest BCUT2D eigenvalue weighted by atomic mass is 32.2. The van der Waals surface area contributed by atoms with Crippen molar-refractivity contribution in [1.29, 1.82) is 0 Å². The van der Waals surface area contributed by atoms with Crippen molar-refractivity contribution in [2.75, 3.05) is 25.4 Å². The highest BCUT2D eigenvalue weighted by molar-refractivity contribution is 7.89. The predicted octanol–water partition coefficient (Wildman–Crippen LogP) is 1.49. The SMILES string of the molecule is CCCCCS(=O)(=O)N1CCO[C@@](C)(c2cnn(C)c2)C1. The molecule has 21 heavy (non-hydrogen) atoms. The molecule has 2 heterocycles. The average molecular weight is 315 g/mol. The maximum absolute atomic E-state index is 12.4. The molecule has 2 rings (SSSR count). The molecule has 1 aliphatic rings. The van der Waals surface area contributed by atoms with E-state index in [1.165, 1.54) is 0 Å². The lowest BCUT2D eigenvalue weighted by Gasteiger charge is -2.39. The van der Waals surface area contributed by atoms with Crippen molar-refractivity contribution in [2.45, 2.75) is 38.7 Å². The Morgan fingerprint density at radius 1 is 1.43 bits per heavy atom. The van der Waals surface area contributed by atoms with Gasteiger partial charge in [0, 0.05) is 31.9 Å². The zero-order valence-electron chi connectivity index (χ0n) is 13.1. The third-order valence-electron chi connectivity index (χ3n) is 3.95. The van der Waals surface area contributed by atoms with Gasteiger partial charge in [-0.15, -0.1) is 0 Å². The van der Waals surface area contributed by atoms with E-state index >= 15 is 0 Å². The molecule has 0 N–H and O–H groups in total. The molecule has 1 aromatic rings. The first-order chi connectivity index (χ1) is 9.87. The average Bonchev–Trinajstić information content (AvgIpc) is 2.86. The summed E-state index contributed by atoms with van der Waals surface area (Å²) in [7, 11) is -1.36. The maximum atomic E-state index is 12.4. The van der Waals surface area contributed by atoms with Crippen LogP contribution in [0.4, 0.5) is 0 Å². The largest absolute Gasteiger partial charge is 0.368 e. The first-order valence-corrected chi connectivity index (χ1v) is 9.09. The van der Waals surface area contributed by atoms with Gasteiger partial charge in [-0.25, -0.2) is 8.42 Å². The number of ether oxygens (including phenoxy) is 1. The van der Waals surface area contributed by atoms with Crippen LogP contribution in [-0.2, 0) is 27.4 Å². The van der Waals surface area contributed by atoms with Crippen molar-refractivity contribution in [3.63, 3.8) is 0 Å². The molecule has 0 unspecified atom stereocenters. The van der Waals surface area contributed by atoms with E-state index in [0.29, 0.717) is 19.7 Å².